The molecule has 0 unspecified atom stereocenters. The van der Waals surface area contributed by atoms with Crippen LogP contribution in [-0.2, 0) is 0 Å². The van der Waals surface area contributed by atoms with Crippen molar-refractivity contribution in [1.82, 2.24) is 10.2 Å². The Bertz CT molecular complexity index is 512. The summed E-state index contributed by atoms with van der Waals surface area (Å²) in [7, 11) is 0. The molecule has 1 N–H and O–H groups in total. The highest BCUT2D eigenvalue weighted by Gasteiger charge is 2.23. The number of ether oxygens (including phenoxy) is 1. The fraction of sp³-hybridized carbons (Fsp3) is 0.647. The summed E-state index contributed by atoms with van der Waals surface area (Å²) in [5.41, 5.74) is 0.106. The Morgan fingerprint density at radius 3 is 2.33 bits per heavy atom. The fourth-order valence-electron chi connectivity index (χ4n) is 3.48. The highest BCUT2D eigenvalue weighted by molar-refractivity contribution is 5.85. The van der Waals surface area contributed by atoms with Crippen LogP contribution in [-0.4, -0.2) is 48.7 Å². The third-order valence-electron chi connectivity index (χ3n) is 4.86. The highest BCUT2D eigenvalue weighted by atomic mass is 35.5. The zero-order valence-corrected chi connectivity index (χ0v) is 14.7. The second kappa shape index (κ2) is 9.20. The van der Waals surface area contributed by atoms with Crippen molar-refractivity contribution in [2.75, 3.05) is 32.7 Å². The van der Waals surface area contributed by atoms with Gasteiger partial charge in [-0.2, -0.15) is 0 Å². The molecule has 2 aliphatic rings. The number of halogens is 1. The molecule has 2 fully saturated rings. The number of hydrogen-bond acceptors (Lipinski definition) is 5. The molecule has 1 aromatic rings. The number of benzene rings is 1. The van der Waals surface area contributed by atoms with Gasteiger partial charge in [0.05, 0.1) is 4.92 Å². The lowest BCUT2D eigenvalue weighted by atomic mass is 9.96. The molecule has 0 aliphatic carbocycles. The molecule has 0 saturated carbocycles. The molecule has 0 bridgehead atoms. The standard InChI is InChI=1S/C17H25N3O3.ClH/c21-20(22)15-1-3-16(4-2-15)23-17-7-11-19(12-8-17)13-14-5-9-18-10-6-14;/h1-4,14,17-18H,5-13H2;1H. The molecule has 0 radical (unpaired) electrons. The van der Waals surface area contributed by atoms with Gasteiger partial charge in [-0.15, -0.1) is 12.4 Å². The summed E-state index contributed by atoms with van der Waals surface area (Å²) in [4.78, 5) is 12.8. The van der Waals surface area contributed by atoms with E-state index in [1.54, 1.807) is 12.1 Å². The maximum atomic E-state index is 10.7. The van der Waals surface area contributed by atoms with Crippen LogP contribution in [0.1, 0.15) is 25.7 Å². The van der Waals surface area contributed by atoms with Gasteiger partial charge in [-0.05, 0) is 56.8 Å². The van der Waals surface area contributed by atoms with Crippen molar-refractivity contribution in [2.24, 2.45) is 5.92 Å². The molecule has 6 nitrogen and oxygen atoms in total. The van der Waals surface area contributed by atoms with Gasteiger partial charge in [0.2, 0.25) is 0 Å². The van der Waals surface area contributed by atoms with Gasteiger partial charge in [-0.1, -0.05) is 0 Å². The lowest BCUT2D eigenvalue weighted by molar-refractivity contribution is -0.384. The number of nitrogens with one attached hydrogen (secondary N) is 1. The van der Waals surface area contributed by atoms with Crippen LogP contribution in [0, 0.1) is 16.0 Å². The van der Waals surface area contributed by atoms with Crippen molar-refractivity contribution >= 4 is 18.1 Å². The average molecular weight is 356 g/mol. The molecular formula is C17H26ClN3O3. The van der Waals surface area contributed by atoms with E-state index < -0.39 is 0 Å². The van der Waals surface area contributed by atoms with Crippen molar-refractivity contribution in [1.29, 1.82) is 0 Å². The molecule has 7 heteroatoms. The summed E-state index contributed by atoms with van der Waals surface area (Å²) in [6.07, 6.45) is 4.86. The summed E-state index contributed by atoms with van der Waals surface area (Å²) in [6, 6.07) is 6.39. The first kappa shape index (κ1) is 19.0. The monoisotopic (exact) mass is 355 g/mol. The Morgan fingerprint density at radius 2 is 1.75 bits per heavy atom. The number of hydrogen-bond donors (Lipinski definition) is 1. The second-order valence-corrected chi connectivity index (χ2v) is 6.56. The van der Waals surface area contributed by atoms with Gasteiger partial charge >= 0.3 is 0 Å². The Hall–Kier alpha value is -1.37. The Balaban J connectivity index is 0.00000208. The lowest BCUT2D eigenvalue weighted by Gasteiger charge is -2.35. The van der Waals surface area contributed by atoms with Crippen LogP contribution >= 0.6 is 12.4 Å². The Labute approximate surface area is 149 Å². The van der Waals surface area contributed by atoms with E-state index in [0.717, 1.165) is 50.7 Å². The number of rotatable bonds is 5. The molecule has 0 atom stereocenters. The topological polar surface area (TPSA) is 67.6 Å². The van der Waals surface area contributed by atoms with Crippen molar-refractivity contribution in [3.05, 3.63) is 34.4 Å². The largest absolute Gasteiger partial charge is 0.490 e. The molecule has 24 heavy (non-hydrogen) atoms. The van der Waals surface area contributed by atoms with Crippen LogP contribution in [0.2, 0.25) is 0 Å². The molecule has 2 aliphatic heterocycles. The third-order valence-corrected chi connectivity index (χ3v) is 4.86. The van der Waals surface area contributed by atoms with E-state index in [9.17, 15) is 10.1 Å². The quantitative estimate of drug-likeness (QED) is 0.649. The number of likely N-dealkylation sites (tertiary alicyclic amines) is 1. The van der Waals surface area contributed by atoms with E-state index in [4.69, 9.17) is 4.74 Å². The summed E-state index contributed by atoms with van der Waals surface area (Å²) < 4.78 is 5.97. The number of non-ortho nitro benzene ring substituents is 1. The van der Waals surface area contributed by atoms with Gasteiger partial charge in [0.1, 0.15) is 11.9 Å². The van der Waals surface area contributed by atoms with E-state index in [0.29, 0.717) is 0 Å². The zero-order valence-electron chi connectivity index (χ0n) is 13.9. The predicted octanol–water partition coefficient (Wildman–Crippen LogP) is 2.86. The van der Waals surface area contributed by atoms with Crippen LogP contribution in [0.25, 0.3) is 0 Å². The minimum Gasteiger partial charge on any atom is -0.490 e. The first-order chi connectivity index (χ1) is 11.2. The molecule has 1 aromatic carbocycles. The van der Waals surface area contributed by atoms with Crippen molar-refractivity contribution in [3.8, 4) is 5.75 Å². The van der Waals surface area contributed by atoms with Crippen LogP contribution in [0.4, 0.5) is 5.69 Å². The van der Waals surface area contributed by atoms with Gasteiger partial charge in [0.15, 0.2) is 0 Å². The number of piperidine rings is 2. The minimum absolute atomic E-state index is 0. The van der Waals surface area contributed by atoms with E-state index in [1.807, 2.05) is 0 Å². The molecule has 3 rings (SSSR count). The summed E-state index contributed by atoms with van der Waals surface area (Å²) in [5.74, 6) is 1.57. The lowest BCUT2D eigenvalue weighted by Crippen LogP contribution is -2.42. The molecule has 0 aromatic heterocycles. The summed E-state index contributed by atoms with van der Waals surface area (Å²) in [5, 5.41) is 14.1. The van der Waals surface area contributed by atoms with E-state index in [-0.39, 0.29) is 29.1 Å². The van der Waals surface area contributed by atoms with Crippen LogP contribution in [0.5, 0.6) is 5.75 Å². The van der Waals surface area contributed by atoms with Gasteiger partial charge < -0.3 is 15.0 Å². The molecule has 0 amide bonds. The van der Waals surface area contributed by atoms with Gasteiger partial charge in [-0.25, -0.2) is 0 Å². The summed E-state index contributed by atoms with van der Waals surface area (Å²) in [6.45, 7) is 5.70. The van der Waals surface area contributed by atoms with Crippen LogP contribution in [0.15, 0.2) is 24.3 Å². The molecule has 2 heterocycles. The fourth-order valence-corrected chi connectivity index (χ4v) is 3.48. The average Bonchev–Trinajstić information content (AvgIpc) is 2.58. The van der Waals surface area contributed by atoms with Crippen LogP contribution in [0.3, 0.4) is 0 Å². The first-order valence-corrected chi connectivity index (χ1v) is 8.55. The normalized spacial score (nSPS) is 20.3. The first-order valence-electron chi connectivity index (χ1n) is 8.55. The van der Waals surface area contributed by atoms with E-state index >= 15 is 0 Å². The van der Waals surface area contributed by atoms with Gasteiger partial charge in [0, 0.05) is 31.8 Å². The molecular weight excluding hydrogens is 330 g/mol. The smallest absolute Gasteiger partial charge is 0.269 e. The minimum atomic E-state index is -0.386. The third kappa shape index (κ3) is 5.33. The van der Waals surface area contributed by atoms with Crippen molar-refractivity contribution in [2.45, 2.75) is 31.8 Å². The van der Waals surface area contributed by atoms with E-state index in [2.05, 4.69) is 10.2 Å². The second-order valence-electron chi connectivity index (χ2n) is 6.56. The maximum Gasteiger partial charge on any atom is 0.269 e. The highest BCUT2D eigenvalue weighted by Crippen LogP contribution is 2.23. The molecule has 134 valence electrons. The zero-order chi connectivity index (χ0) is 16.1. The number of nitro groups is 1. The number of nitro benzene ring substituents is 1. The Morgan fingerprint density at radius 1 is 1.12 bits per heavy atom. The van der Waals surface area contributed by atoms with Crippen LogP contribution < -0.4 is 10.1 Å². The van der Waals surface area contributed by atoms with Crippen molar-refractivity contribution in [3.63, 3.8) is 0 Å². The van der Waals surface area contributed by atoms with E-state index in [1.165, 1.54) is 31.5 Å². The molecule has 0 spiro atoms. The molecule has 2 saturated heterocycles. The Kier molecular flexibility index (Phi) is 7.27. The SMILES string of the molecule is Cl.O=[N+]([O-])c1ccc(OC2CCN(CC3CCNCC3)CC2)cc1. The van der Waals surface area contributed by atoms with Gasteiger partial charge in [0.25, 0.3) is 5.69 Å². The number of nitrogens with zero attached hydrogens (tertiary/aromatic N) is 2. The van der Waals surface area contributed by atoms with Crippen molar-refractivity contribution < 1.29 is 9.66 Å². The maximum absolute atomic E-state index is 10.7. The predicted molar refractivity (Wildman–Crippen MR) is 96.0 cm³/mol. The van der Waals surface area contributed by atoms with Gasteiger partial charge in [-0.3, -0.25) is 10.1 Å². The summed E-state index contributed by atoms with van der Waals surface area (Å²) >= 11 is 0.